The molecule has 1 atom stereocenters. The van der Waals surface area contributed by atoms with Crippen LogP contribution >= 0.6 is 0 Å². The summed E-state index contributed by atoms with van der Waals surface area (Å²) in [5.74, 6) is 0.977. The number of amides is 1. The Morgan fingerprint density at radius 2 is 2.28 bits per heavy atom. The summed E-state index contributed by atoms with van der Waals surface area (Å²) in [7, 11) is 1.87. The Morgan fingerprint density at radius 3 is 3.08 bits per heavy atom. The number of aromatic nitrogens is 3. The number of carbonyl (C=O) groups is 1. The van der Waals surface area contributed by atoms with Crippen molar-refractivity contribution < 1.29 is 4.79 Å². The van der Waals surface area contributed by atoms with Crippen LogP contribution in [0.4, 0.5) is 5.82 Å². The van der Waals surface area contributed by atoms with Gasteiger partial charge < -0.3 is 14.6 Å². The number of nitrogens with zero attached hydrogens (tertiary/aromatic N) is 4. The van der Waals surface area contributed by atoms with Crippen molar-refractivity contribution in [2.24, 2.45) is 0 Å². The molecule has 0 aromatic carbocycles. The molecule has 1 aliphatic rings. The molecule has 1 saturated heterocycles. The molecular weight excluding hydrogens is 314 g/mol. The van der Waals surface area contributed by atoms with Gasteiger partial charge in [0.2, 0.25) is 5.91 Å². The predicted molar refractivity (Wildman–Crippen MR) is 96.4 cm³/mol. The van der Waals surface area contributed by atoms with Crippen molar-refractivity contribution in [3.8, 4) is 0 Å². The molecular formula is C19H21N5O. The van der Waals surface area contributed by atoms with Crippen LogP contribution in [-0.4, -0.2) is 38.8 Å². The highest BCUT2D eigenvalue weighted by atomic mass is 16.2. The molecule has 3 aromatic heterocycles. The van der Waals surface area contributed by atoms with Crippen molar-refractivity contribution in [2.45, 2.75) is 25.3 Å². The number of anilines is 1. The molecule has 6 nitrogen and oxygen atoms in total. The van der Waals surface area contributed by atoms with Gasteiger partial charge in [0.25, 0.3) is 0 Å². The van der Waals surface area contributed by atoms with Crippen molar-refractivity contribution in [1.29, 1.82) is 0 Å². The van der Waals surface area contributed by atoms with Gasteiger partial charge in [-0.3, -0.25) is 9.78 Å². The number of rotatable bonds is 4. The molecule has 0 saturated carbocycles. The second-order valence-electron chi connectivity index (χ2n) is 6.35. The zero-order chi connectivity index (χ0) is 17.2. The average molecular weight is 335 g/mol. The first-order valence-electron chi connectivity index (χ1n) is 8.60. The molecule has 1 fully saturated rings. The summed E-state index contributed by atoms with van der Waals surface area (Å²) in [4.78, 5) is 23.6. The minimum Gasteiger partial charge on any atom is -0.371 e. The van der Waals surface area contributed by atoms with Gasteiger partial charge in [0, 0.05) is 38.4 Å². The van der Waals surface area contributed by atoms with E-state index in [4.69, 9.17) is 4.98 Å². The summed E-state index contributed by atoms with van der Waals surface area (Å²) in [6, 6.07) is 7.87. The zero-order valence-corrected chi connectivity index (χ0v) is 14.2. The molecule has 1 N–H and O–H groups in total. The summed E-state index contributed by atoms with van der Waals surface area (Å²) in [5.41, 5.74) is 2.92. The first kappa shape index (κ1) is 15.6. The van der Waals surface area contributed by atoms with Crippen LogP contribution in [0, 0.1) is 0 Å². The smallest absolute Gasteiger partial charge is 0.227 e. The molecule has 6 heteroatoms. The van der Waals surface area contributed by atoms with Crippen LogP contribution in [0.2, 0.25) is 0 Å². The monoisotopic (exact) mass is 335 g/mol. The van der Waals surface area contributed by atoms with Gasteiger partial charge >= 0.3 is 0 Å². The number of pyridine rings is 1. The van der Waals surface area contributed by atoms with Crippen molar-refractivity contribution in [3.05, 3.63) is 60.3 Å². The molecule has 0 radical (unpaired) electrons. The van der Waals surface area contributed by atoms with E-state index in [1.165, 1.54) is 0 Å². The lowest BCUT2D eigenvalue weighted by Crippen LogP contribution is -2.32. The zero-order valence-electron chi connectivity index (χ0n) is 14.2. The molecule has 0 spiro atoms. The summed E-state index contributed by atoms with van der Waals surface area (Å²) < 4.78 is 2.07. The number of likely N-dealkylation sites (tertiary alicyclic amines) is 1. The number of nitrogens with one attached hydrogen (secondary N) is 1. The van der Waals surface area contributed by atoms with Gasteiger partial charge in [-0.1, -0.05) is 6.07 Å². The number of hydrogen-bond donors (Lipinski definition) is 1. The summed E-state index contributed by atoms with van der Waals surface area (Å²) >= 11 is 0. The number of hydrogen-bond acceptors (Lipinski definition) is 4. The summed E-state index contributed by atoms with van der Waals surface area (Å²) in [6.45, 7) is 0.782. The third-order valence-corrected chi connectivity index (χ3v) is 4.76. The largest absolute Gasteiger partial charge is 0.371 e. The van der Waals surface area contributed by atoms with Crippen molar-refractivity contribution in [2.75, 3.05) is 18.9 Å². The number of fused-ring (bicyclic) bond motifs is 1. The van der Waals surface area contributed by atoms with E-state index < -0.39 is 0 Å². The number of carbonyl (C=O) groups excluding carboxylic acids is 1. The Bertz CT molecular complexity index is 889. The molecule has 0 aliphatic carbocycles. The molecule has 1 aliphatic heterocycles. The average Bonchev–Trinajstić information content (AvgIpc) is 3.30. The molecule has 1 unspecified atom stereocenters. The fourth-order valence-electron chi connectivity index (χ4n) is 3.56. The van der Waals surface area contributed by atoms with E-state index in [1.54, 1.807) is 12.4 Å². The van der Waals surface area contributed by atoms with Gasteiger partial charge in [0.1, 0.15) is 5.82 Å². The van der Waals surface area contributed by atoms with E-state index in [9.17, 15) is 4.79 Å². The highest BCUT2D eigenvalue weighted by Crippen LogP contribution is 2.32. The SMILES string of the molecule is CNc1nc(C2CCCN2C(=O)Cc2cccnc2)cn2cccc12. The molecule has 1 amide bonds. The van der Waals surface area contributed by atoms with Gasteiger partial charge in [0.05, 0.1) is 23.7 Å². The van der Waals surface area contributed by atoms with Crippen LogP contribution in [0.25, 0.3) is 5.52 Å². The Morgan fingerprint density at radius 1 is 1.36 bits per heavy atom. The van der Waals surface area contributed by atoms with E-state index in [0.717, 1.165) is 42.0 Å². The minimum atomic E-state index is 0.0306. The third-order valence-electron chi connectivity index (χ3n) is 4.76. The molecule has 4 heterocycles. The topological polar surface area (TPSA) is 62.5 Å². The molecule has 3 aromatic rings. The maximum atomic E-state index is 12.8. The predicted octanol–water partition coefficient (Wildman–Crippen LogP) is 2.68. The molecule has 0 bridgehead atoms. The normalized spacial score (nSPS) is 17.2. The minimum absolute atomic E-state index is 0.0306. The Kier molecular flexibility index (Phi) is 4.09. The van der Waals surface area contributed by atoms with Crippen molar-refractivity contribution in [1.82, 2.24) is 19.3 Å². The van der Waals surface area contributed by atoms with E-state index in [-0.39, 0.29) is 11.9 Å². The van der Waals surface area contributed by atoms with Gasteiger partial charge in [0.15, 0.2) is 0 Å². The Balaban J connectivity index is 1.62. The first-order valence-corrected chi connectivity index (χ1v) is 8.60. The van der Waals surface area contributed by atoms with E-state index in [2.05, 4.69) is 14.7 Å². The fourth-order valence-corrected chi connectivity index (χ4v) is 3.56. The molecule has 4 rings (SSSR count). The second-order valence-corrected chi connectivity index (χ2v) is 6.35. The van der Waals surface area contributed by atoms with Crippen LogP contribution in [-0.2, 0) is 11.2 Å². The van der Waals surface area contributed by atoms with Gasteiger partial charge in [-0.25, -0.2) is 4.98 Å². The lowest BCUT2D eigenvalue weighted by molar-refractivity contribution is -0.131. The maximum absolute atomic E-state index is 12.8. The highest BCUT2D eigenvalue weighted by Gasteiger charge is 2.31. The van der Waals surface area contributed by atoms with E-state index >= 15 is 0 Å². The maximum Gasteiger partial charge on any atom is 0.227 e. The lowest BCUT2D eigenvalue weighted by atomic mass is 10.1. The summed E-state index contributed by atoms with van der Waals surface area (Å²) in [5, 5.41) is 3.16. The van der Waals surface area contributed by atoms with E-state index in [0.29, 0.717) is 6.42 Å². The Hall–Kier alpha value is -2.89. The van der Waals surface area contributed by atoms with Crippen LogP contribution in [0.15, 0.2) is 49.1 Å². The van der Waals surface area contributed by atoms with Gasteiger partial charge in [-0.2, -0.15) is 0 Å². The third kappa shape index (κ3) is 2.95. The Labute approximate surface area is 146 Å². The van der Waals surface area contributed by atoms with Crippen LogP contribution < -0.4 is 5.32 Å². The fraction of sp³-hybridized carbons (Fsp3) is 0.316. The first-order chi connectivity index (χ1) is 12.3. The van der Waals surface area contributed by atoms with Crippen LogP contribution in [0.1, 0.15) is 30.1 Å². The van der Waals surface area contributed by atoms with Crippen LogP contribution in [0.5, 0.6) is 0 Å². The quantitative estimate of drug-likeness (QED) is 0.796. The van der Waals surface area contributed by atoms with Crippen molar-refractivity contribution >= 4 is 17.2 Å². The van der Waals surface area contributed by atoms with Gasteiger partial charge in [-0.15, -0.1) is 0 Å². The lowest BCUT2D eigenvalue weighted by Gasteiger charge is -2.25. The molecule has 25 heavy (non-hydrogen) atoms. The van der Waals surface area contributed by atoms with Crippen LogP contribution in [0.3, 0.4) is 0 Å². The standard InChI is InChI=1S/C19H21N5O/c1-20-19-17-7-3-9-23(17)13-15(22-19)16-6-4-10-24(16)18(25)11-14-5-2-8-21-12-14/h2-3,5,7-9,12-13,16H,4,6,10-11H2,1H3,(H,20,22). The van der Waals surface area contributed by atoms with Crippen molar-refractivity contribution in [3.63, 3.8) is 0 Å². The second kappa shape index (κ2) is 6.55. The summed E-state index contributed by atoms with van der Waals surface area (Å²) in [6.07, 6.45) is 9.86. The van der Waals surface area contributed by atoms with E-state index in [1.807, 2.05) is 48.6 Å². The van der Waals surface area contributed by atoms with Gasteiger partial charge in [-0.05, 0) is 36.6 Å². The highest BCUT2D eigenvalue weighted by molar-refractivity contribution is 5.79. The molecule has 128 valence electrons.